The van der Waals surface area contributed by atoms with E-state index in [4.69, 9.17) is 4.74 Å². The van der Waals surface area contributed by atoms with Crippen LogP contribution in [0.3, 0.4) is 0 Å². The van der Waals surface area contributed by atoms with Crippen molar-refractivity contribution in [2.75, 3.05) is 20.0 Å². The fraction of sp³-hybridized carbons (Fsp3) is 0.500. The summed E-state index contributed by atoms with van der Waals surface area (Å²) in [5.74, 6) is -0.0691. The van der Waals surface area contributed by atoms with Crippen molar-refractivity contribution < 1.29 is 22.7 Å². The Hall–Kier alpha value is -1.67. The summed E-state index contributed by atoms with van der Waals surface area (Å²) in [7, 11) is -0.641. The van der Waals surface area contributed by atoms with Crippen molar-refractivity contribution in [3.05, 3.63) is 23.9 Å². The highest BCUT2D eigenvalue weighted by molar-refractivity contribution is 7.89. The number of rotatable bonds is 8. The van der Waals surface area contributed by atoms with Crippen LogP contribution in [0.5, 0.6) is 5.88 Å². The van der Waals surface area contributed by atoms with Gasteiger partial charge in [-0.2, -0.15) is 0 Å². The third-order valence-electron chi connectivity index (χ3n) is 2.52. The largest absolute Gasteiger partial charge is 0.481 e. The Morgan fingerprint density at radius 1 is 1.35 bits per heavy atom. The van der Waals surface area contributed by atoms with Crippen molar-refractivity contribution in [3.8, 4) is 5.88 Å². The molecule has 1 aromatic heterocycles. The number of esters is 1. The summed E-state index contributed by atoms with van der Waals surface area (Å²) in [5.41, 5.74) is 0.724. The van der Waals surface area contributed by atoms with Crippen LogP contribution in [0.1, 0.15) is 18.4 Å². The molecule has 0 bridgehead atoms. The molecule has 0 radical (unpaired) electrons. The number of carbonyl (C=O) groups excluding carboxylic acids is 1. The first-order valence-electron chi connectivity index (χ1n) is 6.00. The van der Waals surface area contributed by atoms with E-state index in [2.05, 4.69) is 14.4 Å². The molecule has 0 aliphatic heterocycles. The van der Waals surface area contributed by atoms with Crippen LogP contribution in [-0.4, -0.2) is 39.3 Å². The molecule has 1 aromatic rings. The van der Waals surface area contributed by atoms with Crippen LogP contribution >= 0.6 is 0 Å². The Balaban J connectivity index is 2.40. The van der Waals surface area contributed by atoms with Crippen molar-refractivity contribution >= 4 is 16.0 Å². The molecule has 0 saturated carbocycles. The van der Waals surface area contributed by atoms with Crippen LogP contribution in [-0.2, 0) is 26.1 Å². The number of aromatic nitrogens is 1. The Bertz CT molecular complexity index is 527. The molecule has 0 unspecified atom stereocenters. The number of nitrogens with zero attached hydrogens (tertiary/aromatic N) is 1. The van der Waals surface area contributed by atoms with Gasteiger partial charge in [0.1, 0.15) is 0 Å². The maximum atomic E-state index is 11.7. The topological polar surface area (TPSA) is 94.6 Å². The van der Waals surface area contributed by atoms with Crippen molar-refractivity contribution in [2.24, 2.45) is 0 Å². The van der Waals surface area contributed by atoms with Crippen LogP contribution in [0.2, 0.25) is 0 Å². The molecular weight excluding hydrogens is 284 g/mol. The second-order valence-corrected chi connectivity index (χ2v) is 5.95. The Morgan fingerprint density at radius 2 is 2.10 bits per heavy atom. The summed E-state index contributed by atoms with van der Waals surface area (Å²) < 4.78 is 35.2. The average molecular weight is 302 g/mol. The fourth-order valence-electron chi connectivity index (χ4n) is 1.41. The first kappa shape index (κ1) is 16.4. The molecular formula is C12H18N2O5S. The molecule has 0 aliphatic rings. The van der Waals surface area contributed by atoms with Crippen LogP contribution in [0.15, 0.2) is 18.3 Å². The standard InChI is InChI=1S/C12H18N2O5S/c1-18-11-6-5-10(8-13-11)9-14-20(16,17)7-3-4-12(15)19-2/h5-6,8,14H,3-4,7,9H2,1-2H3. The van der Waals surface area contributed by atoms with E-state index in [-0.39, 0.29) is 25.1 Å². The fourth-order valence-corrected chi connectivity index (χ4v) is 2.47. The number of sulfonamides is 1. The van der Waals surface area contributed by atoms with Gasteiger partial charge < -0.3 is 9.47 Å². The lowest BCUT2D eigenvalue weighted by Crippen LogP contribution is -2.26. The average Bonchev–Trinajstić information content (AvgIpc) is 2.45. The third-order valence-corrected chi connectivity index (χ3v) is 3.93. The van der Waals surface area contributed by atoms with Crippen molar-refractivity contribution in [3.63, 3.8) is 0 Å². The number of ether oxygens (including phenoxy) is 2. The predicted molar refractivity (Wildman–Crippen MR) is 72.7 cm³/mol. The van der Waals surface area contributed by atoms with E-state index >= 15 is 0 Å². The van der Waals surface area contributed by atoms with Gasteiger partial charge in [0, 0.05) is 25.2 Å². The minimum Gasteiger partial charge on any atom is -0.481 e. The molecule has 7 nitrogen and oxygen atoms in total. The maximum absolute atomic E-state index is 11.7. The highest BCUT2D eigenvalue weighted by Gasteiger charge is 2.11. The second-order valence-electron chi connectivity index (χ2n) is 4.03. The lowest BCUT2D eigenvalue weighted by atomic mass is 10.3. The third kappa shape index (κ3) is 5.98. The van der Waals surface area contributed by atoms with E-state index in [1.807, 2.05) is 0 Å². The minimum absolute atomic E-state index is 0.0848. The Labute approximate surface area is 118 Å². The number of hydrogen-bond donors (Lipinski definition) is 1. The van der Waals surface area contributed by atoms with Gasteiger partial charge in [-0.15, -0.1) is 0 Å². The van der Waals surface area contributed by atoms with Crippen molar-refractivity contribution in [1.82, 2.24) is 9.71 Å². The summed E-state index contributed by atoms with van der Waals surface area (Å²) in [6.45, 7) is 0.150. The molecule has 0 aromatic carbocycles. The first-order chi connectivity index (χ1) is 9.46. The molecule has 0 saturated heterocycles. The van der Waals surface area contributed by atoms with Gasteiger partial charge in [0.15, 0.2) is 0 Å². The zero-order chi connectivity index (χ0) is 15.0. The lowest BCUT2D eigenvalue weighted by molar-refractivity contribution is -0.140. The van der Waals surface area contributed by atoms with Gasteiger partial charge in [-0.3, -0.25) is 4.79 Å². The van der Waals surface area contributed by atoms with E-state index in [0.29, 0.717) is 5.88 Å². The number of nitrogens with one attached hydrogen (secondary N) is 1. The predicted octanol–water partition coefficient (Wildman–Crippen LogP) is 0.463. The van der Waals surface area contributed by atoms with Crippen molar-refractivity contribution in [1.29, 1.82) is 0 Å². The molecule has 8 heteroatoms. The van der Waals surface area contributed by atoms with E-state index in [9.17, 15) is 13.2 Å². The summed E-state index contributed by atoms with van der Waals surface area (Å²) >= 11 is 0. The first-order valence-corrected chi connectivity index (χ1v) is 7.65. The maximum Gasteiger partial charge on any atom is 0.305 e. The van der Waals surface area contributed by atoms with Gasteiger partial charge in [0.2, 0.25) is 15.9 Å². The molecule has 0 spiro atoms. The van der Waals surface area contributed by atoms with Gasteiger partial charge in [0.05, 0.1) is 20.0 Å². The van der Waals surface area contributed by atoms with Crippen molar-refractivity contribution in [2.45, 2.75) is 19.4 Å². The zero-order valence-electron chi connectivity index (χ0n) is 11.5. The normalized spacial score (nSPS) is 11.1. The van der Waals surface area contributed by atoms with Gasteiger partial charge in [-0.05, 0) is 12.0 Å². The van der Waals surface area contributed by atoms with E-state index in [1.165, 1.54) is 20.4 Å². The van der Waals surface area contributed by atoms with Gasteiger partial charge in [-0.25, -0.2) is 18.1 Å². The Morgan fingerprint density at radius 3 is 2.65 bits per heavy atom. The molecule has 1 heterocycles. The molecule has 0 aliphatic carbocycles. The summed E-state index contributed by atoms with van der Waals surface area (Å²) in [6.07, 6.45) is 1.85. The van der Waals surface area contributed by atoms with E-state index in [1.54, 1.807) is 12.1 Å². The van der Waals surface area contributed by atoms with Crippen LogP contribution < -0.4 is 9.46 Å². The SMILES string of the molecule is COC(=O)CCCS(=O)(=O)NCc1ccc(OC)nc1. The molecule has 0 amide bonds. The monoisotopic (exact) mass is 302 g/mol. The molecule has 1 rings (SSSR count). The lowest BCUT2D eigenvalue weighted by Gasteiger charge is -2.06. The highest BCUT2D eigenvalue weighted by atomic mass is 32.2. The zero-order valence-corrected chi connectivity index (χ0v) is 12.3. The van der Waals surface area contributed by atoms with Crippen LogP contribution in [0.4, 0.5) is 0 Å². The van der Waals surface area contributed by atoms with Gasteiger partial charge in [-0.1, -0.05) is 6.07 Å². The summed E-state index contributed by atoms with van der Waals surface area (Å²) in [4.78, 5) is 14.9. The summed E-state index contributed by atoms with van der Waals surface area (Å²) in [5, 5.41) is 0. The summed E-state index contributed by atoms with van der Waals surface area (Å²) in [6, 6.07) is 3.38. The van der Waals surface area contributed by atoms with E-state index < -0.39 is 16.0 Å². The van der Waals surface area contributed by atoms with Crippen LogP contribution in [0.25, 0.3) is 0 Å². The number of pyridine rings is 1. The quantitative estimate of drug-likeness (QED) is 0.701. The second kappa shape index (κ2) is 7.81. The van der Waals surface area contributed by atoms with Crippen LogP contribution in [0, 0.1) is 0 Å². The molecule has 0 atom stereocenters. The van der Waals surface area contributed by atoms with E-state index in [0.717, 1.165) is 5.56 Å². The molecule has 112 valence electrons. The smallest absolute Gasteiger partial charge is 0.305 e. The molecule has 0 fully saturated rings. The molecule has 1 N–H and O–H groups in total. The Kier molecular flexibility index (Phi) is 6.40. The number of hydrogen-bond acceptors (Lipinski definition) is 6. The minimum atomic E-state index is -3.42. The number of methoxy groups -OCH3 is 2. The highest BCUT2D eigenvalue weighted by Crippen LogP contribution is 2.07. The van der Waals surface area contributed by atoms with Gasteiger partial charge in [0.25, 0.3) is 0 Å². The molecule has 20 heavy (non-hydrogen) atoms. The van der Waals surface area contributed by atoms with Gasteiger partial charge >= 0.3 is 5.97 Å². The number of carbonyl (C=O) groups is 1.